The molecule has 0 aromatic heterocycles. The second-order valence-corrected chi connectivity index (χ2v) is 9.78. The lowest BCUT2D eigenvalue weighted by molar-refractivity contribution is -0.122. The van der Waals surface area contributed by atoms with Gasteiger partial charge in [-0.2, -0.15) is 4.31 Å². The van der Waals surface area contributed by atoms with Crippen LogP contribution in [-0.2, 0) is 19.6 Å². The van der Waals surface area contributed by atoms with Crippen LogP contribution < -0.4 is 19.7 Å². The quantitative estimate of drug-likeness (QED) is 0.662. The molecule has 1 N–H and O–H groups in total. The zero-order chi connectivity index (χ0) is 23.6. The molecule has 0 radical (unpaired) electrons. The number of anilines is 2. The van der Waals surface area contributed by atoms with Crippen LogP contribution in [0.15, 0.2) is 47.4 Å². The predicted molar refractivity (Wildman–Crippen MR) is 123 cm³/mol. The minimum Gasteiger partial charge on any atom is -0.486 e. The van der Waals surface area contributed by atoms with Crippen molar-refractivity contribution in [2.45, 2.75) is 25.2 Å². The first kappa shape index (κ1) is 23.1. The number of ether oxygens (including phenoxy) is 2. The summed E-state index contributed by atoms with van der Waals surface area (Å²) in [6.45, 7) is 5.41. The van der Waals surface area contributed by atoms with Gasteiger partial charge in [-0.05, 0) is 30.3 Å². The summed E-state index contributed by atoms with van der Waals surface area (Å²) in [6, 6.07) is 11.4. The van der Waals surface area contributed by atoms with Crippen LogP contribution >= 0.6 is 0 Å². The van der Waals surface area contributed by atoms with E-state index in [4.69, 9.17) is 9.47 Å². The SMILES string of the molecule is CCN(CC)S(=O)(=O)c1cccc(NC(=O)[C@@H]2CC(=O)N(c3ccc4c(c3)OCCO4)C2)c1. The Bertz CT molecular complexity index is 1160. The maximum atomic E-state index is 12.9. The molecule has 0 aliphatic carbocycles. The van der Waals surface area contributed by atoms with E-state index in [1.165, 1.54) is 16.4 Å². The van der Waals surface area contributed by atoms with Crippen LogP contribution in [0.3, 0.4) is 0 Å². The smallest absolute Gasteiger partial charge is 0.243 e. The molecule has 1 fully saturated rings. The highest BCUT2D eigenvalue weighted by Gasteiger charge is 2.36. The first-order valence-electron chi connectivity index (χ1n) is 10.9. The molecule has 4 rings (SSSR count). The van der Waals surface area contributed by atoms with Gasteiger partial charge in [-0.15, -0.1) is 0 Å². The van der Waals surface area contributed by atoms with Crippen molar-refractivity contribution in [3.05, 3.63) is 42.5 Å². The van der Waals surface area contributed by atoms with E-state index in [0.717, 1.165) is 0 Å². The Hall–Kier alpha value is -3.11. The van der Waals surface area contributed by atoms with Crippen LogP contribution in [0.25, 0.3) is 0 Å². The van der Waals surface area contributed by atoms with E-state index >= 15 is 0 Å². The van der Waals surface area contributed by atoms with Gasteiger partial charge in [0.05, 0.1) is 10.8 Å². The Morgan fingerprint density at radius 2 is 1.82 bits per heavy atom. The van der Waals surface area contributed by atoms with Crippen LogP contribution in [-0.4, -0.2) is 57.4 Å². The predicted octanol–water partition coefficient (Wildman–Crippen LogP) is 2.48. The maximum Gasteiger partial charge on any atom is 0.243 e. The van der Waals surface area contributed by atoms with Crippen molar-refractivity contribution in [2.75, 3.05) is 43.1 Å². The van der Waals surface area contributed by atoms with E-state index in [9.17, 15) is 18.0 Å². The summed E-state index contributed by atoms with van der Waals surface area (Å²) in [5, 5.41) is 2.77. The fourth-order valence-corrected chi connectivity index (χ4v) is 5.53. The average Bonchev–Trinajstić information content (AvgIpc) is 3.21. The third kappa shape index (κ3) is 4.67. The number of sulfonamides is 1. The molecule has 1 atom stereocenters. The normalized spacial score (nSPS) is 18.0. The average molecular weight is 474 g/mol. The molecule has 2 aliphatic rings. The molecule has 2 aromatic rings. The highest BCUT2D eigenvalue weighted by Crippen LogP contribution is 2.36. The first-order chi connectivity index (χ1) is 15.8. The van der Waals surface area contributed by atoms with E-state index in [1.54, 1.807) is 49.1 Å². The largest absolute Gasteiger partial charge is 0.486 e. The number of hydrogen-bond donors (Lipinski definition) is 1. The lowest BCUT2D eigenvalue weighted by atomic mass is 10.1. The van der Waals surface area contributed by atoms with Crippen molar-refractivity contribution in [3.8, 4) is 11.5 Å². The number of carbonyl (C=O) groups excluding carboxylic acids is 2. The van der Waals surface area contributed by atoms with Crippen LogP contribution in [0.1, 0.15) is 20.3 Å². The molecule has 9 nitrogen and oxygen atoms in total. The summed E-state index contributed by atoms with van der Waals surface area (Å²) < 4.78 is 38.0. The van der Waals surface area contributed by atoms with Gasteiger partial charge in [0.25, 0.3) is 0 Å². The molecule has 33 heavy (non-hydrogen) atoms. The van der Waals surface area contributed by atoms with E-state index < -0.39 is 15.9 Å². The van der Waals surface area contributed by atoms with Gasteiger partial charge >= 0.3 is 0 Å². The molecule has 0 spiro atoms. The van der Waals surface area contributed by atoms with Crippen LogP contribution in [0.4, 0.5) is 11.4 Å². The number of amides is 2. The fourth-order valence-electron chi connectivity index (χ4n) is 4.02. The molecule has 0 unspecified atom stereocenters. The van der Waals surface area contributed by atoms with Crippen molar-refractivity contribution in [3.63, 3.8) is 0 Å². The molecule has 176 valence electrons. The molecular formula is C23H27N3O6S. The third-order valence-corrected chi connectivity index (χ3v) is 7.82. The van der Waals surface area contributed by atoms with Gasteiger partial charge in [0.1, 0.15) is 13.2 Å². The standard InChI is InChI=1S/C23H27N3O6S/c1-3-25(4-2)33(29,30)19-7-5-6-17(13-19)24-23(28)16-12-22(27)26(15-16)18-8-9-20-21(14-18)32-11-10-31-20/h5-9,13-14,16H,3-4,10-12,15H2,1-2H3,(H,24,28)/t16-/m1/s1. The Morgan fingerprint density at radius 1 is 1.09 bits per heavy atom. The van der Waals surface area contributed by atoms with E-state index in [2.05, 4.69) is 5.32 Å². The molecule has 0 bridgehead atoms. The summed E-state index contributed by atoms with van der Waals surface area (Å²) in [6.07, 6.45) is 0.0672. The summed E-state index contributed by atoms with van der Waals surface area (Å²) in [4.78, 5) is 27.2. The number of benzene rings is 2. The highest BCUT2D eigenvalue weighted by molar-refractivity contribution is 7.89. The molecule has 0 saturated carbocycles. The summed E-state index contributed by atoms with van der Waals surface area (Å²) in [5.74, 6) is 0.148. The van der Waals surface area contributed by atoms with Crippen LogP contribution in [0.2, 0.25) is 0 Å². The van der Waals surface area contributed by atoms with Crippen molar-refractivity contribution in [1.29, 1.82) is 0 Å². The number of nitrogens with zero attached hydrogens (tertiary/aromatic N) is 2. The number of fused-ring (bicyclic) bond motifs is 1. The van der Waals surface area contributed by atoms with Gasteiger partial charge in [-0.1, -0.05) is 19.9 Å². The lowest BCUT2D eigenvalue weighted by Crippen LogP contribution is -2.31. The molecule has 2 amide bonds. The van der Waals surface area contributed by atoms with Gasteiger partial charge < -0.3 is 19.7 Å². The van der Waals surface area contributed by atoms with Crippen LogP contribution in [0.5, 0.6) is 11.5 Å². The zero-order valence-corrected chi connectivity index (χ0v) is 19.4. The van der Waals surface area contributed by atoms with Crippen molar-refractivity contribution >= 4 is 33.2 Å². The second kappa shape index (κ2) is 9.40. The Morgan fingerprint density at radius 3 is 2.55 bits per heavy atom. The number of carbonyl (C=O) groups is 2. The van der Waals surface area contributed by atoms with E-state index in [-0.39, 0.29) is 29.7 Å². The number of rotatable bonds is 7. The molecule has 10 heteroatoms. The van der Waals surface area contributed by atoms with Gasteiger partial charge in [0.15, 0.2) is 11.5 Å². The van der Waals surface area contributed by atoms with Crippen molar-refractivity contribution in [1.82, 2.24) is 4.31 Å². The molecule has 1 saturated heterocycles. The topological polar surface area (TPSA) is 105 Å². The van der Waals surface area contributed by atoms with Crippen molar-refractivity contribution < 1.29 is 27.5 Å². The molecular weight excluding hydrogens is 446 g/mol. The zero-order valence-electron chi connectivity index (χ0n) is 18.6. The monoisotopic (exact) mass is 473 g/mol. The Kier molecular flexibility index (Phi) is 6.57. The summed E-state index contributed by atoms with van der Waals surface area (Å²) in [7, 11) is -3.64. The lowest BCUT2D eigenvalue weighted by Gasteiger charge is -2.22. The van der Waals surface area contributed by atoms with Crippen molar-refractivity contribution in [2.24, 2.45) is 5.92 Å². The molecule has 2 heterocycles. The Labute approximate surface area is 193 Å². The minimum absolute atomic E-state index is 0.0672. The van der Waals surface area contributed by atoms with Gasteiger partial charge in [-0.25, -0.2) is 8.42 Å². The first-order valence-corrected chi connectivity index (χ1v) is 12.4. The van der Waals surface area contributed by atoms with E-state index in [0.29, 0.717) is 49.2 Å². The molecule has 2 aromatic carbocycles. The van der Waals surface area contributed by atoms with E-state index in [1.807, 2.05) is 0 Å². The van der Waals surface area contributed by atoms with Gasteiger partial charge in [-0.3, -0.25) is 9.59 Å². The van der Waals surface area contributed by atoms with Crippen LogP contribution in [0, 0.1) is 5.92 Å². The highest BCUT2D eigenvalue weighted by atomic mass is 32.2. The summed E-state index contributed by atoms with van der Waals surface area (Å²) >= 11 is 0. The minimum atomic E-state index is -3.64. The number of nitrogens with one attached hydrogen (secondary N) is 1. The molecule has 2 aliphatic heterocycles. The second-order valence-electron chi connectivity index (χ2n) is 7.84. The maximum absolute atomic E-state index is 12.9. The third-order valence-electron chi connectivity index (χ3n) is 5.78. The summed E-state index contributed by atoms with van der Waals surface area (Å²) in [5.41, 5.74) is 1.02. The Balaban J connectivity index is 1.46. The van der Waals surface area contributed by atoms with Gasteiger partial charge in [0.2, 0.25) is 21.8 Å². The number of hydrogen-bond acceptors (Lipinski definition) is 6. The fraction of sp³-hybridized carbons (Fsp3) is 0.391. The van der Waals surface area contributed by atoms with Gasteiger partial charge in [0, 0.05) is 43.5 Å².